The second kappa shape index (κ2) is 55.7. The highest BCUT2D eigenvalue weighted by Crippen LogP contribution is 2.38. The van der Waals surface area contributed by atoms with Gasteiger partial charge < -0.3 is 28.8 Å². The average molecular weight is 1060 g/mol. The second-order valence-corrected chi connectivity index (χ2v) is 23.8. The lowest BCUT2D eigenvalue weighted by Crippen LogP contribution is -2.45. The first kappa shape index (κ1) is 71.9. The van der Waals surface area contributed by atoms with E-state index in [4.69, 9.17) is 9.05 Å². The van der Waals surface area contributed by atoms with Crippen LogP contribution in [-0.4, -0.2) is 68.5 Å². The van der Waals surface area contributed by atoms with Gasteiger partial charge >= 0.3 is 0 Å². The molecule has 0 fully saturated rings. The van der Waals surface area contributed by atoms with Gasteiger partial charge in [-0.05, 0) is 64.2 Å². The van der Waals surface area contributed by atoms with Crippen molar-refractivity contribution in [2.24, 2.45) is 0 Å². The molecule has 9 heteroatoms. The van der Waals surface area contributed by atoms with Crippen molar-refractivity contribution >= 4 is 13.7 Å². The maximum Gasteiger partial charge on any atom is 0.268 e. The third-order valence-electron chi connectivity index (χ3n) is 13.9. The molecule has 0 heterocycles. The van der Waals surface area contributed by atoms with Gasteiger partial charge in [0, 0.05) is 6.42 Å². The first-order valence-corrected chi connectivity index (χ1v) is 32.8. The maximum absolute atomic E-state index is 13.0. The van der Waals surface area contributed by atoms with Crippen molar-refractivity contribution in [1.82, 2.24) is 5.32 Å². The third-order valence-corrected chi connectivity index (χ3v) is 14.9. The number of aliphatic hydroxyl groups excluding tert-OH is 1. The fourth-order valence-electron chi connectivity index (χ4n) is 9.06. The van der Waals surface area contributed by atoms with E-state index in [9.17, 15) is 19.4 Å². The number of carbonyl (C=O) groups excluding carboxylic acids is 1. The fourth-order valence-corrected chi connectivity index (χ4v) is 9.79. The van der Waals surface area contributed by atoms with Gasteiger partial charge in [-0.2, -0.15) is 0 Å². The highest BCUT2D eigenvalue weighted by Gasteiger charge is 2.23. The Balaban J connectivity index is 4.15. The van der Waals surface area contributed by atoms with Gasteiger partial charge in [-0.1, -0.05) is 286 Å². The van der Waals surface area contributed by atoms with Crippen molar-refractivity contribution in [2.75, 3.05) is 40.9 Å². The van der Waals surface area contributed by atoms with Crippen molar-refractivity contribution in [3.8, 4) is 0 Å². The van der Waals surface area contributed by atoms with Crippen LogP contribution in [-0.2, 0) is 18.4 Å². The van der Waals surface area contributed by atoms with Gasteiger partial charge in [0.2, 0.25) is 5.91 Å². The van der Waals surface area contributed by atoms with Crippen LogP contribution in [0.5, 0.6) is 0 Å². The van der Waals surface area contributed by atoms with Crippen LogP contribution in [0.15, 0.2) is 72.9 Å². The number of likely N-dealkylation sites (N-methyl/N-ethyl adjacent to an activating group) is 1. The molecule has 0 aromatic heterocycles. The maximum atomic E-state index is 13.0. The van der Waals surface area contributed by atoms with Gasteiger partial charge in [0.25, 0.3) is 7.82 Å². The van der Waals surface area contributed by atoms with Gasteiger partial charge in [0.05, 0.1) is 39.9 Å². The number of hydrogen-bond acceptors (Lipinski definition) is 6. The Morgan fingerprint density at radius 1 is 0.486 bits per heavy atom. The van der Waals surface area contributed by atoms with E-state index in [1.54, 1.807) is 6.08 Å². The molecule has 0 aliphatic heterocycles. The summed E-state index contributed by atoms with van der Waals surface area (Å²) in [6.07, 6.45) is 77.1. The molecule has 0 rings (SSSR count). The molecule has 1 amide bonds. The number of phosphoric ester groups is 1. The number of unbranched alkanes of at least 4 members (excludes halogenated alkanes) is 34. The number of aliphatic hydroxyl groups is 1. The van der Waals surface area contributed by atoms with Crippen LogP contribution in [0.25, 0.3) is 0 Å². The van der Waals surface area contributed by atoms with Crippen molar-refractivity contribution in [1.29, 1.82) is 0 Å². The van der Waals surface area contributed by atoms with Crippen molar-refractivity contribution < 1.29 is 32.9 Å². The van der Waals surface area contributed by atoms with E-state index in [1.165, 1.54) is 173 Å². The molecular formula is C65H121N2O6P. The molecule has 0 saturated carbocycles. The summed E-state index contributed by atoms with van der Waals surface area (Å²) >= 11 is 0. The van der Waals surface area contributed by atoms with Crippen LogP contribution in [0.4, 0.5) is 0 Å². The summed E-state index contributed by atoms with van der Waals surface area (Å²) in [7, 11) is 1.24. The largest absolute Gasteiger partial charge is 0.756 e. The minimum absolute atomic E-state index is 0.00817. The predicted molar refractivity (Wildman–Crippen MR) is 320 cm³/mol. The zero-order chi connectivity index (χ0) is 54.2. The number of hydrogen-bond donors (Lipinski definition) is 2. The first-order valence-electron chi connectivity index (χ1n) is 31.3. The molecule has 8 nitrogen and oxygen atoms in total. The molecule has 0 radical (unpaired) electrons. The molecule has 74 heavy (non-hydrogen) atoms. The Kier molecular flexibility index (Phi) is 54.1. The first-order chi connectivity index (χ1) is 36.0. The minimum Gasteiger partial charge on any atom is -0.756 e. The number of phosphoric acid groups is 1. The quantitative estimate of drug-likeness (QED) is 0.0272. The zero-order valence-corrected chi connectivity index (χ0v) is 50.2. The highest BCUT2D eigenvalue weighted by atomic mass is 31.2. The van der Waals surface area contributed by atoms with Crippen molar-refractivity contribution in [3.63, 3.8) is 0 Å². The van der Waals surface area contributed by atoms with Gasteiger partial charge in [-0.15, -0.1) is 0 Å². The summed E-state index contributed by atoms with van der Waals surface area (Å²) in [6, 6.07) is -0.903. The van der Waals surface area contributed by atoms with Gasteiger partial charge in [0.1, 0.15) is 13.2 Å². The van der Waals surface area contributed by atoms with Crippen LogP contribution in [0, 0.1) is 0 Å². The number of allylic oxidation sites excluding steroid dienone is 11. The number of nitrogens with one attached hydrogen (secondary N) is 1. The molecule has 3 unspecified atom stereocenters. The highest BCUT2D eigenvalue weighted by molar-refractivity contribution is 7.45. The summed E-state index contributed by atoms with van der Waals surface area (Å²) in [4.78, 5) is 25.5. The number of quaternary nitrogens is 1. The van der Waals surface area contributed by atoms with Gasteiger partial charge in [-0.25, -0.2) is 0 Å². The van der Waals surface area contributed by atoms with E-state index in [0.717, 1.165) is 89.9 Å². The van der Waals surface area contributed by atoms with Gasteiger partial charge in [-0.3, -0.25) is 9.36 Å². The Labute approximate surface area is 459 Å². The minimum atomic E-state index is -4.61. The van der Waals surface area contributed by atoms with Crippen LogP contribution >= 0.6 is 7.82 Å². The normalized spacial score (nSPS) is 14.3. The molecule has 2 N–H and O–H groups in total. The van der Waals surface area contributed by atoms with Crippen molar-refractivity contribution in [3.05, 3.63) is 72.9 Å². The predicted octanol–water partition coefficient (Wildman–Crippen LogP) is 18.8. The van der Waals surface area contributed by atoms with E-state index in [1.807, 2.05) is 27.2 Å². The standard InChI is InChI=1S/C65H121N2O6P/c1-6-8-10-12-14-16-18-20-22-24-26-28-29-30-31-32-33-34-35-36-37-39-40-42-44-46-48-50-52-54-56-58-64(68)63(62-73-74(70,71)72-61-60-67(3,4)5)66-65(69)59-57-55-53-51-49-47-45-43-41-38-27-25-23-21-19-17-15-13-11-9-7-2/h9,11,15,17,21,23,27,38,43,45,56,58,63-64,68H,6-8,10,12-14,16,18-20,22,24-26,28-37,39-42,44,46-55,57,59-62H2,1-5H3,(H-,66,69,70,71)/b11-9-,17-15-,23-21-,38-27-,45-43-,58-56+. The topological polar surface area (TPSA) is 108 Å². The Hall–Kier alpha value is -2.06. The van der Waals surface area contributed by atoms with Crippen LogP contribution in [0.2, 0.25) is 0 Å². The fraction of sp³-hybridized carbons (Fsp3) is 0.800. The van der Waals surface area contributed by atoms with Crippen molar-refractivity contribution in [2.45, 2.75) is 296 Å². The molecular weight excluding hydrogens is 936 g/mol. The average Bonchev–Trinajstić information content (AvgIpc) is 3.36. The number of rotatable bonds is 57. The lowest BCUT2D eigenvalue weighted by atomic mass is 10.0. The Morgan fingerprint density at radius 2 is 0.824 bits per heavy atom. The number of nitrogens with zero attached hydrogens (tertiary/aromatic N) is 1. The van der Waals surface area contributed by atoms with Crippen LogP contribution < -0.4 is 10.2 Å². The molecule has 0 aromatic rings. The number of carbonyl (C=O) groups is 1. The van der Waals surface area contributed by atoms with E-state index in [0.29, 0.717) is 17.4 Å². The summed E-state index contributed by atoms with van der Waals surface area (Å²) in [5.41, 5.74) is 0. The lowest BCUT2D eigenvalue weighted by molar-refractivity contribution is -0.870. The molecule has 0 aliphatic rings. The zero-order valence-electron chi connectivity index (χ0n) is 49.3. The SMILES string of the molecule is CC/C=C\C/C=C\C/C=C\C/C=C\C/C=C\CCCCCCCC(=O)NC(COP(=O)([O-])OCC[N+](C)(C)C)C(O)/C=C/CCCCCCCCCCCCCCCCCCCCCCCCCCCCCCC. The Bertz CT molecular complexity index is 1430. The van der Waals surface area contributed by atoms with E-state index in [-0.39, 0.29) is 12.5 Å². The summed E-state index contributed by atoms with van der Waals surface area (Å²) < 4.78 is 23.4. The van der Waals surface area contributed by atoms with Crippen LogP contribution in [0.3, 0.4) is 0 Å². The summed E-state index contributed by atoms with van der Waals surface area (Å²) in [5.74, 6) is -0.215. The lowest BCUT2D eigenvalue weighted by Gasteiger charge is -2.29. The smallest absolute Gasteiger partial charge is 0.268 e. The molecule has 0 spiro atoms. The van der Waals surface area contributed by atoms with E-state index < -0.39 is 26.6 Å². The third kappa shape index (κ3) is 57.6. The molecule has 0 bridgehead atoms. The molecule has 0 aliphatic carbocycles. The Morgan fingerprint density at radius 3 is 1.20 bits per heavy atom. The molecule has 3 atom stereocenters. The second-order valence-electron chi connectivity index (χ2n) is 22.4. The monoisotopic (exact) mass is 1060 g/mol. The van der Waals surface area contributed by atoms with E-state index >= 15 is 0 Å². The van der Waals surface area contributed by atoms with Crippen LogP contribution in [0.1, 0.15) is 284 Å². The molecule has 0 saturated heterocycles. The van der Waals surface area contributed by atoms with E-state index in [2.05, 4.69) is 79.9 Å². The summed E-state index contributed by atoms with van der Waals surface area (Å²) in [6.45, 7) is 4.54. The molecule has 432 valence electrons. The van der Waals surface area contributed by atoms with Gasteiger partial charge in [0.15, 0.2) is 0 Å². The molecule has 0 aromatic carbocycles. The number of amides is 1. The summed E-state index contributed by atoms with van der Waals surface area (Å²) in [5, 5.41) is 13.9.